The Bertz CT molecular complexity index is 214. The second kappa shape index (κ2) is 3.41. The molecule has 0 radical (unpaired) electrons. The van der Waals surface area contributed by atoms with Crippen LogP contribution in [0.15, 0.2) is 0 Å². The van der Waals surface area contributed by atoms with Crippen molar-refractivity contribution < 1.29 is 30.3 Å². The number of aliphatic hydroxyl groups is 5. The third kappa shape index (κ3) is 1.44. The van der Waals surface area contributed by atoms with E-state index in [1.165, 1.54) is 6.92 Å². The van der Waals surface area contributed by atoms with Gasteiger partial charge in [-0.25, -0.2) is 0 Å². The van der Waals surface area contributed by atoms with E-state index in [0.29, 0.717) is 0 Å². The van der Waals surface area contributed by atoms with Gasteiger partial charge in [0, 0.05) is 0 Å². The van der Waals surface area contributed by atoms with Gasteiger partial charge in [-0.15, -0.1) is 0 Å². The maximum Gasteiger partial charge on any atom is 0.186 e. The standard InChI is InChI=1S/C8H16O6/c1-7(12)5(10)4(3-9)14-6(11)8(7,2)13/h4-6,9-13H,3H2,1-2H3/t4-,5-,6?,7+,8+/m1/s1. The van der Waals surface area contributed by atoms with Crippen LogP contribution in [0.3, 0.4) is 0 Å². The molecule has 1 saturated heterocycles. The Morgan fingerprint density at radius 1 is 1.14 bits per heavy atom. The fraction of sp³-hybridized carbons (Fsp3) is 1.00. The molecule has 6 nitrogen and oxygen atoms in total. The van der Waals surface area contributed by atoms with Crippen molar-refractivity contribution in [1.82, 2.24) is 0 Å². The summed E-state index contributed by atoms with van der Waals surface area (Å²) in [5, 5.41) is 47.2. The highest BCUT2D eigenvalue weighted by atomic mass is 16.6. The van der Waals surface area contributed by atoms with Gasteiger partial charge in [-0.05, 0) is 13.8 Å². The lowest BCUT2D eigenvalue weighted by Crippen LogP contribution is -2.71. The van der Waals surface area contributed by atoms with Gasteiger partial charge >= 0.3 is 0 Å². The van der Waals surface area contributed by atoms with Crippen LogP contribution in [-0.2, 0) is 4.74 Å². The van der Waals surface area contributed by atoms with Crippen LogP contribution in [0.25, 0.3) is 0 Å². The molecule has 1 unspecified atom stereocenters. The second-order valence-electron chi connectivity index (χ2n) is 3.95. The Kier molecular flexibility index (Phi) is 2.88. The molecule has 0 spiro atoms. The topological polar surface area (TPSA) is 110 Å². The monoisotopic (exact) mass is 208 g/mol. The number of hydrogen-bond acceptors (Lipinski definition) is 6. The van der Waals surface area contributed by atoms with Crippen molar-refractivity contribution in [3.63, 3.8) is 0 Å². The summed E-state index contributed by atoms with van der Waals surface area (Å²) in [6.07, 6.45) is -4.23. The Labute approximate surface area is 81.4 Å². The van der Waals surface area contributed by atoms with Crippen molar-refractivity contribution in [3.05, 3.63) is 0 Å². The van der Waals surface area contributed by atoms with Crippen LogP contribution in [0.1, 0.15) is 13.8 Å². The normalized spacial score (nSPS) is 54.6. The van der Waals surface area contributed by atoms with Crippen molar-refractivity contribution in [3.8, 4) is 0 Å². The molecule has 14 heavy (non-hydrogen) atoms. The van der Waals surface area contributed by atoms with Gasteiger partial charge in [0.15, 0.2) is 6.29 Å². The summed E-state index contributed by atoms with van der Waals surface area (Å²) >= 11 is 0. The number of aliphatic hydroxyl groups excluding tert-OH is 3. The maximum atomic E-state index is 9.79. The molecular formula is C8H16O6. The fourth-order valence-electron chi connectivity index (χ4n) is 1.43. The van der Waals surface area contributed by atoms with Crippen LogP contribution in [0.5, 0.6) is 0 Å². The molecule has 5 atom stereocenters. The third-order valence-electron chi connectivity index (χ3n) is 2.92. The average Bonchev–Trinajstić information content (AvgIpc) is 2.10. The summed E-state index contributed by atoms with van der Waals surface area (Å²) in [5.41, 5.74) is -3.93. The smallest absolute Gasteiger partial charge is 0.186 e. The molecule has 0 amide bonds. The van der Waals surface area contributed by atoms with E-state index < -0.39 is 36.3 Å². The largest absolute Gasteiger partial charge is 0.394 e. The summed E-state index contributed by atoms with van der Waals surface area (Å²) in [6.45, 7) is 1.77. The first kappa shape index (κ1) is 11.8. The minimum atomic E-state index is -1.99. The zero-order valence-electron chi connectivity index (χ0n) is 8.08. The van der Waals surface area contributed by atoms with Crippen LogP contribution in [0.4, 0.5) is 0 Å². The van der Waals surface area contributed by atoms with Crippen molar-refractivity contribution in [2.75, 3.05) is 6.61 Å². The zero-order valence-corrected chi connectivity index (χ0v) is 8.08. The van der Waals surface area contributed by atoms with Gasteiger partial charge in [0.1, 0.15) is 23.4 Å². The van der Waals surface area contributed by atoms with E-state index in [4.69, 9.17) is 9.84 Å². The van der Waals surface area contributed by atoms with E-state index >= 15 is 0 Å². The van der Waals surface area contributed by atoms with Gasteiger partial charge in [0.05, 0.1) is 6.61 Å². The van der Waals surface area contributed by atoms with E-state index in [9.17, 15) is 20.4 Å². The van der Waals surface area contributed by atoms with E-state index in [-0.39, 0.29) is 0 Å². The average molecular weight is 208 g/mol. The maximum absolute atomic E-state index is 9.79. The van der Waals surface area contributed by atoms with E-state index in [0.717, 1.165) is 6.92 Å². The van der Waals surface area contributed by atoms with E-state index in [2.05, 4.69) is 0 Å². The van der Waals surface area contributed by atoms with Crippen molar-refractivity contribution in [1.29, 1.82) is 0 Å². The lowest BCUT2D eigenvalue weighted by atomic mass is 9.76. The highest BCUT2D eigenvalue weighted by Gasteiger charge is 2.59. The molecule has 0 aromatic carbocycles. The third-order valence-corrected chi connectivity index (χ3v) is 2.92. The summed E-state index contributed by atoms with van der Waals surface area (Å²) in [7, 11) is 0. The molecule has 5 N–H and O–H groups in total. The van der Waals surface area contributed by atoms with Crippen LogP contribution in [0.2, 0.25) is 0 Å². The SMILES string of the molecule is C[C@]1(O)C(O)O[C@H](CO)[C@@H](O)[C@]1(C)O. The van der Waals surface area contributed by atoms with Crippen LogP contribution in [-0.4, -0.2) is 61.8 Å². The Morgan fingerprint density at radius 2 is 1.64 bits per heavy atom. The number of ether oxygens (including phenoxy) is 1. The van der Waals surface area contributed by atoms with Gasteiger partial charge in [-0.3, -0.25) is 0 Å². The Balaban J connectivity index is 2.98. The lowest BCUT2D eigenvalue weighted by Gasteiger charge is -2.50. The minimum absolute atomic E-state index is 0.551. The van der Waals surface area contributed by atoms with Crippen molar-refractivity contribution in [2.45, 2.75) is 43.5 Å². The van der Waals surface area contributed by atoms with E-state index in [1.807, 2.05) is 0 Å². The molecular weight excluding hydrogens is 192 g/mol. The Morgan fingerprint density at radius 3 is 2.07 bits per heavy atom. The molecule has 0 bridgehead atoms. The van der Waals surface area contributed by atoms with Gasteiger partial charge in [0.25, 0.3) is 0 Å². The van der Waals surface area contributed by atoms with Gasteiger partial charge in [-0.2, -0.15) is 0 Å². The quantitative estimate of drug-likeness (QED) is 0.327. The first-order chi connectivity index (χ1) is 6.25. The van der Waals surface area contributed by atoms with Crippen LogP contribution >= 0.6 is 0 Å². The van der Waals surface area contributed by atoms with Crippen molar-refractivity contribution >= 4 is 0 Å². The van der Waals surface area contributed by atoms with Crippen LogP contribution < -0.4 is 0 Å². The summed E-state index contributed by atoms with van der Waals surface area (Å²) < 4.78 is 4.74. The molecule has 1 heterocycles. The number of rotatable bonds is 1. The first-order valence-electron chi connectivity index (χ1n) is 4.32. The van der Waals surface area contributed by atoms with Crippen molar-refractivity contribution in [2.24, 2.45) is 0 Å². The molecule has 0 aromatic heterocycles. The fourth-order valence-corrected chi connectivity index (χ4v) is 1.43. The molecule has 0 saturated carbocycles. The lowest BCUT2D eigenvalue weighted by molar-refractivity contribution is -0.354. The summed E-state index contributed by atoms with van der Waals surface area (Å²) in [4.78, 5) is 0. The molecule has 0 aromatic rings. The predicted octanol–water partition coefficient (Wildman–Crippen LogP) is -2.44. The van der Waals surface area contributed by atoms with Gasteiger partial charge in [0.2, 0.25) is 0 Å². The summed E-state index contributed by atoms with van der Waals surface area (Å²) in [6, 6.07) is 0. The molecule has 0 aliphatic carbocycles. The van der Waals surface area contributed by atoms with Gasteiger partial charge < -0.3 is 30.3 Å². The zero-order chi connectivity index (χ0) is 11.1. The molecule has 1 aliphatic rings. The predicted molar refractivity (Wildman–Crippen MR) is 45.2 cm³/mol. The molecule has 1 fully saturated rings. The Hall–Kier alpha value is -0.240. The van der Waals surface area contributed by atoms with Gasteiger partial charge in [-0.1, -0.05) is 0 Å². The van der Waals surface area contributed by atoms with E-state index in [1.54, 1.807) is 0 Å². The molecule has 84 valence electrons. The molecule has 1 rings (SSSR count). The highest BCUT2D eigenvalue weighted by Crippen LogP contribution is 2.36. The molecule has 6 heteroatoms. The molecule has 1 aliphatic heterocycles. The second-order valence-corrected chi connectivity index (χ2v) is 3.95. The van der Waals surface area contributed by atoms with Crippen LogP contribution in [0, 0.1) is 0 Å². The highest BCUT2D eigenvalue weighted by molar-refractivity contribution is 5.06. The number of hydrogen-bond donors (Lipinski definition) is 5. The summed E-state index contributed by atoms with van der Waals surface area (Å²) in [5.74, 6) is 0. The minimum Gasteiger partial charge on any atom is -0.394 e. The first-order valence-corrected chi connectivity index (χ1v) is 4.32.